The Morgan fingerprint density at radius 1 is 0.547 bits per heavy atom. The second-order valence-electron chi connectivity index (χ2n) is 19.0. The van der Waals surface area contributed by atoms with Crippen molar-refractivity contribution >= 4 is 3.21 Å². The predicted molar refractivity (Wildman–Crippen MR) is 249 cm³/mol. The Morgan fingerprint density at radius 3 is 1.34 bits per heavy atom. The van der Waals surface area contributed by atoms with Gasteiger partial charge in [0.2, 0.25) is 0 Å². The summed E-state index contributed by atoms with van der Waals surface area (Å²) in [5, 5.41) is 0. The maximum absolute atomic E-state index is 14.8. The zero-order chi connectivity index (χ0) is 46.2. The molecular weight excluding hydrogens is 890 g/mol. The molecule has 0 nitrogen and oxygen atoms in total. The van der Waals surface area contributed by atoms with Crippen molar-refractivity contribution in [3.05, 3.63) is 197 Å². The predicted octanol–water partition coefficient (Wildman–Crippen LogP) is 16.8. The van der Waals surface area contributed by atoms with Crippen LogP contribution >= 0.6 is 0 Å². The Kier molecular flexibility index (Phi) is 12.0. The maximum atomic E-state index is 14.8. The van der Waals surface area contributed by atoms with Gasteiger partial charge >= 0.3 is 384 Å². The molecule has 2 aliphatic carbocycles. The number of hydrogen-bond acceptors (Lipinski definition) is 0. The Labute approximate surface area is 382 Å². The van der Waals surface area contributed by atoms with Crippen molar-refractivity contribution in [1.29, 1.82) is 0 Å². The molecule has 0 aliphatic heterocycles. The van der Waals surface area contributed by atoms with Gasteiger partial charge in [0.05, 0.1) is 0 Å². The monoisotopic (exact) mass is 942 g/mol. The topological polar surface area (TPSA) is 0 Å². The summed E-state index contributed by atoms with van der Waals surface area (Å²) >= 11 is -3.99. The van der Waals surface area contributed by atoms with Gasteiger partial charge in [-0.05, 0) is 0 Å². The van der Waals surface area contributed by atoms with Gasteiger partial charge in [-0.3, -0.25) is 0 Å². The molecule has 2 aliphatic rings. The van der Waals surface area contributed by atoms with Crippen LogP contribution in [0.5, 0.6) is 0 Å². The van der Waals surface area contributed by atoms with Crippen LogP contribution in [0.1, 0.15) is 105 Å². The van der Waals surface area contributed by atoms with Gasteiger partial charge in [-0.1, -0.05) is 0 Å². The summed E-state index contributed by atoms with van der Waals surface area (Å²) in [6.07, 6.45) is -3.99. The number of fused-ring (bicyclic) bond motifs is 3. The van der Waals surface area contributed by atoms with E-state index in [1.54, 1.807) is 12.1 Å². The first-order valence-electron chi connectivity index (χ1n) is 22.0. The van der Waals surface area contributed by atoms with Crippen molar-refractivity contribution < 1.29 is 47.6 Å². The van der Waals surface area contributed by atoms with Crippen molar-refractivity contribution in [2.24, 2.45) is 11.3 Å². The standard InChI is InChI=1S/C31H29.C15H8F6.C11H17.Zr/c1-18-11-20(3)30(21(4)12-18)24-7-9-28-26(15-24)17-27-16-25(8-10-29(27)28)31-22(5)13-19(2)14-23(31)6;16-14(17,18)12-5-1-3-10(8-12)7-11-4-2-6-13(9-11)15(19,20)21;1-5-9-6-7-10(8-9)11(2,3)4;/h7-17H,1-6H3;1-6,8-9H;7-9H,5H2,1-4H3;. The van der Waals surface area contributed by atoms with E-state index in [2.05, 4.69) is 142 Å². The summed E-state index contributed by atoms with van der Waals surface area (Å²) in [6.45, 7) is 21.3. The molecule has 1 atom stereocenters. The normalized spacial score (nSPS) is 15.2. The third-order valence-corrected chi connectivity index (χ3v) is 21.7. The first-order chi connectivity index (χ1) is 30.0. The number of benzene rings is 6. The minimum atomic E-state index is -4.66. The zero-order valence-corrected chi connectivity index (χ0v) is 40.6. The van der Waals surface area contributed by atoms with Crippen LogP contribution in [0.25, 0.3) is 33.4 Å². The summed E-state index contributed by atoms with van der Waals surface area (Å²) in [4.78, 5) is 0. The molecule has 0 fully saturated rings. The number of hydrogen-bond donors (Lipinski definition) is 0. The van der Waals surface area contributed by atoms with Crippen molar-refractivity contribution in [3.63, 3.8) is 0 Å². The SMILES string of the molecule is CCC1C=C(C(C)(C)C)C=[C]1[Zr](=[C](c1cccc(C(F)(F)F)c1)c1cccc(C(F)(F)F)c1)[CH]1c2cc(-c3c(C)cc(C)cc3C)ccc2-c2ccc(-c3c(C)cc(C)cc3C)cc21. The molecule has 6 aromatic carbocycles. The van der Waals surface area contributed by atoms with Gasteiger partial charge in [0.1, 0.15) is 0 Å². The summed E-state index contributed by atoms with van der Waals surface area (Å²) in [5.41, 5.74) is 15.4. The first kappa shape index (κ1) is 45.7. The Morgan fingerprint density at radius 2 is 0.969 bits per heavy atom. The van der Waals surface area contributed by atoms with Crippen molar-refractivity contribution in [2.45, 2.75) is 91.6 Å². The molecule has 0 spiro atoms. The molecule has 0 heterocycles. The Bertz CT molecular complexity index is 2730. The molecule has 7 heteroatoms. The van der Waals surface area contributed by atoms with E-state index in [-0.39, 0.29) is 15.0 Å². The van der Waals surface area contributed by atoms with E-state index in [0.717, 1.165) is 102 Å². The first-order valence-corrected chi connectivity index (χ1v) is 25.9. The van der Waals surface area contributed by atoms with Crippen LogP contribution in [-0.2, 0) is 33.6 Å². The van der Waals surface area contributed by atoms with Gasteiger partial charge < -0.3 is 0 Å². The van der Waals surface area contributed by atoms with E-state index in [4.69, 9.17) is 0 Å². The van der Waals surface area contributed by atoms with Crippen LogP contribution in [0, 0.1) is 52.9 Å². The third-order valence-electron chi connectivity index (χ3n) is 13.2. The fraction of sp³-hybridized carbons (Fsp3) is 0.281. The van der Waals surface area contributed by atoms with Crippen LogP contribution < -0.4 is 0 Å². The summed E-state index contributed by atoms with van der Waals surface area (Å²) in [5.74, 6) is -0.0442. The number of aryl methyl sites for hydroxylation is 6. The number of allylic oxidation sites excluding steroid dienone is 4. The van der Waals surface area contributed by atoms with Crippen LogP contribution in [0.2, 0.25) is 0 Å². The van der Waals surface area contributed by atoms with E-state index in [1.807, 2.05) is 0 Å². The van der Waals surface area contributed by atoms with Crippen LogP contribution in [0.4, 0.5) is 26.3 Å². The van der Waals surface area contributed by atoms with E-state index in [9.17, 15) is 26.3 Å². The summed E-state index contributed by atoms with van der Waals surface area (Å²) < 4.78 is 90.2. The second-order valence-corrected chi connectivity index (χ2v) is 25.1. The second kappa shape index (κ2) is 16.8. The fourth-order valence-corrected chi connectivity index (χ4v) is 20.2. The van der Waals surface area contributed by atoms with Gasteiger partial charge in [0.25, 0.3) is 0 Å². The van der Waals surface area contributed by atoms with E-state index in [0.29, 0.717) is 14.3 Å². The van der Waals surface area contributed by atoms with E-state index < -0.39 is 44.7 Å². The molecule has 6 aromatic rings. The van der Waals surface area contributed by atoms with Gasteiger partial charge in [-0.15, -0.1) is 0 Å². The van der Waals surface area contributed by atoms with Gasteiger partial charge in [0, 0.05) is 0 Å². The Hall–Kier alpha value is -4.87. The Balaban J connectivity index is 1.57. The average Bonchev–Trinajstić information content (AvgIpc) is 3.78. The number of rotatable bonds is 7. The molecule has 0 amide bonds. The van der Waals surface area contributed by atoms with Gasteiger partial charge in [-0.2, -0.15) is 0 Å². The molecule has 0 N–H and O–H groups in total. The van der Waals surface area contributed by atoms with E-state index in [1.165, 1.54) is 27.5 Å². The third kappa shape index (κ3) is 8.55. The molecule has 64 heavy (non-hydrogen) atoms. The van der Waals surface area contributed by atoms with Gasteiger partial charge in [-0.25, -0.2) is 0 Å². The van der Waals surface area contributed by atoms with Crippen molar-refractivity contribution in [3.8, 4) is 33.4 Å². The number of halogens is 6. The quantitative estimate of drug-likeness (QED) is 0.140. The zero-order valence-electron chi connectivity index (χ0n) is 38.2. The molecule has 0 saturated heterocycles. The molecule has 0 bridgehead atoms. The summed E-state index contributed by atoms with van der Waals surface area (Å²) in [6, 6.07) is 32.7. The van der Waals surface area contributed by atoms with Crippen LogP contribution in [0.3, 0.4) is 0 Å². The van der Waals surface area contributed by atoms with Crippen LogP contribution in [-0.4, -0.2) is 3.21 Å². The van der Waals surface area contributed by atoms with Crippen molar-refractivity contribution in [2.75, 3.05) is 0 Å². The molecule has 8 rings (SSSR count). The molecule has 328 valence electrons. The molecule has 0 radical (unpaired) electrons. The molecule has 1 unspecified atom stereocenters. The van der Waals surface area contributed by atoms with Gasteiger partial charge in [0.15, 0.2) is 0 Å². The fourth-order valence-electron chi connectivity index (χ4n) is 10.5. The number of alkyl halides is 6. The van der Waals surface area contributed by atoms with Crippen LogP contribution in [0.15, 0.2) is 130 Å². The molecule has 0 saturated carbocycles. The molecular formula is C57H54F6Zr. The van der Waals surface area contributed by atoms with Crippen molar-refractivity contribution in [1.82, 2.24) is 0 Å². The summed E-state index contributed by atoms with van der Waals surface area (Å²) in [7, 11) is 0. The average molecular weight is 944 g/mol. The minimum absolute atomic E-state index is 0.0442. The molecule has 0 aromatic heterocycles. The van der Waals surface area contributed by atoms with E-state index >= 15 is 0 Å².